The third-order valence-corrected chi connectivity index (χ3v) is 5.07. The van der Waals surface area contributed by atoms with Crippen molar-refractivity contribution in [1.29, 1.82) is 0 Å². The highest BCUT2D eigenvalue weighted by Gasteiger charge is 2.32. The van der Waals surface area contributed by atoms with Crippen LogP contribution in [-0.4, -0.2) is 64.3 Å². The quantitative estimate of drug-likeness (QED) is 0.666. The topological polar surface area (TPSA) is 120 Å². The molecule has 28 heavy (non-hydrogen) atoms. The Morgan fingerprint density at radius 1 is 1.43 bits per heavy atom. The van der Waals surface area contributed by atoms with Crippen LogP contribution in [0.5, 0.6) is 0 Å². The minimum Gasteiger partial charge on any atom is -0.477 e. The van der Waals surface area contributed by atoms with Gasteiger partial charge in [0.1, 0.15) is 5.82 Å². The Morgan fingerprint density at radius 3 is 2.86 bits per heavy atom. The van der Waals surface area contributed by atoms with E-state index in [1.54, 1.807) is 19.2 Å². The molecule has 1 fully saturated rings. The van der Waals surface area contributed by atoms with Crippen LogP contribution >= 0.6 is 11.6 Å². The van der Waals surface area contributed by atoms with Crippen molar-refractivity contribution >= 4 is 29.3 Å². The Bertz CT molecular complexity index is 871. The molecular weight excluding hydrogens is 386 g/mol. The number of rotatable bonds is 6. The van der Waals surface area contributed by atoms with Crippen molar-refractivity contribution in [1.82, 2.24) is 20.3 Å². The Kier molecular flexibility index (Phi) is 6.15. The molecule has 1 aliphatic rings. The summed E-state index contributed by atoms with van der Waals surface area (Å²) in [6.45, 7) is 2.99. The molecule has 3 N–H and O–H groups in total. The molecule has 0 spiro atoms. The van der Waals surface area contributed by atoms with E-state index in [2.05, 4.69) is 20.3 Å². The summed E-state index contributed by atoms with van der Waals surface area (Å²) in [5, 5.41) is 12.4. The van der Waals surface area contributed by atoms with E-state index >= 15 is 0 Å². The van der Waals surface area contributed by atoms with Crippen LogP contribution in [0, 0.1) is 0 Å². The van der Waals surface area contributed by atoms with Gasteiger partial charge in [-0.25, -0.2) is 14.8 Å². The third-order valence-electron chi connectivity index (χ3n) is 4.75. The maximum absolute atomic E-state index is 12.5. The number of carbonyl (C=O) groups excluding carboxylic acids is 1. The predicted octanol–water partition coefficient (Wildman–Crippen LogP) is 1.74. The molecule has 0 bridgehead atoms. The second-order valence-corrected chi connectivity index (χ2v) is 6.84. The van der Waals surface area contributed by atoms with Crippen LogP contribution in [0.2, 0.25) is 5.15 Å². The lowest BCUT2D eigenvalue weighted by molar-refractivity contribution is 0.0536. The Hall–Kier alpha value is -2.65. The van der Waals surface area contributed by atoms with Crippen molar-refractivity contribution in [3.63, 3.8) is 0 Å². The summed E-state index contributed by atoms with van der Waals surface area (Å²) in [4.78, 5) is 36.8. The number of carboxylic acids is 1. The number of nitrogens with one attached hydrogen (secondary N) is 2. The van der Waals surface area contributed by atoms with Crippen molar-refractivity contribution in [2.45, 2.75) is 31.9 Å². The average molecular weight is 408 g/mol. The molecule has 1 aliphatic heterocycles. The number of carboxylic acid groups (broad SMARTS) is 1. The lowest BCUT2D eigenvalue weighted by Crippen LogP contribution is -2.55. The monoisotopic (exact) mass is 407 g/mol. The number of pyridine rings is 1. The number of imidazole rings is 1. The second-order valence-electron chi connectivity index (χ2n) is 6.48. The number of amides is 1. The molecule has 2 unspecified atom stereocenters. The summed E-state index contributed by atoms with van der Waals surface area (Å²) in [7, 11) is 1.58. The summed E-state index contributed by atoms with van der Waals surface area (Å²) in [6, 6.07) is 4.65. The average Bonchev–Trinajstić information content (AvgIpc) is 3.09. The predicted molar refractivity (Wildman–Crippen MR) is 103 cm³/mol. The molecule has 2 aromatic heterocycles. The molecule has 2 atom stereocenters. The zero-order valence-electron chi connectivity index (χ0n) is 15.6. The van der Waals surface area contributed by atoms with Gasteiger partial charge in [-0.3, -0.25) is 4.79 Å². The van der Waals surface area contributed by atoms with Crippen LogP contribution < -0.4 is 10.2 Å². The van der Waals surface area contributed by atoms with Crippen LogP contribution in [0.25, 0.3) is 0 Å². The highest BCUT2D eigenvalue weighted by atomic mass is 35.5. The molecule has 0 aromatic carbocycles. The van der Waals surface area contributed by atoms with Gasteiger partial charge in [-0.05, 0) is 25.0 Å². The lowest BCUT2D eigenvalue weighted by atomic mass is 10.0. The minimum atomic E-state index is -1.07. The summed E-state index contributed by atoms with van der Waals surface area (Å²) in [6.07, 6.45) is 0.975. The molecule has 0 radical (unpaired) electrons. The molecule has 1 amide bonds. The van der Waals surface area contributed by atoms with Crippen LogP contribution in [0.1, 0.15) is 40.1 Å². The zero-order chi connectivity index (χ0) is 20.3. The van der Waals surface area contributed by atoms with Gasteiger partial charge in [0.25, 0.3) is 5.91 Å². The van der Waals surface area contributed by atoms with Crippen molar-refractivity contribution in [3.05, 3.63) is 40.6 Å². The number of nitrogens with zero attached hydrogens (tertiary/aromatic N) is 3. The maximum Gasteiger partial charge on any atom is 0.354 e. The number of H-pyrrole nitrogens is 1. The van der Waals surface area contributed by atoms with Gasteiger partial charge in [0.05, 0.1) is 17.8 Å². The molecule has 2 aromatic rings. The van der Waals surface area contributed by atoms with E-state index in [-0.39, 0.29) is 29.6 Å². The Morgan fingerprint density at radius 2 is 2.21 bits per heavy atom. The number of carbonyl (C=O) groups is 2. The molecule has 3 heterocycles. The highest BCUT2D eigenvalue weighted by Crippen LogP contribution is 2.21. The van der Waals surface area contributed by atoms with Crippen LogP contribution in [0.15, 0.2) is 18.2 Å². The van der Waals surface area contributed by atoms with Crippen molar-refractivity contribution in [3.8, 4) is 0 Å². The lowest BCUT2D eigenvalue weighted by Gasteiger charge is -2.38. The number of methoxy groups -OCH3 is 1. The third kappa shape index (κ3) is 4.26. The van der Waals surface area contributed by atoms with Gasteiger partial charge in [-0.15, -0.1) is 0 Å². The van der Waals surface area contributed by atoms with E-state index < -0.39 is 5.97 Å². The van der Waals surface area contributed by atoms with Gasteiger partial charge >= 0.3 is 5.97 Å². The van der Waals surface area contributed by atoms with E-state index in [9.17, 15) is 9.59 Å². The van der Waals surface area contributed by atoms with E-state index in [1.165, 1.54) is 6.07 Å². The molecule has 10 heteroatoms. The number of halogens is 1. The molecule has 3 rings (SSSR count). The van der Waals surface area contributed by atoms with Gasteiger partial charge in [-0.1, -0.05) is 24.6 Å². The minimum absolute atomic E-state index is 0.0108. The SMILES string of the molecule is CCc1[nH]c(C(=O)NC2CCN(c3cccc(C(=O)O)n3)CC2OC)nc1Cl. The largest absolute Gasteiger partial charge is 0.477 e. The van der Waals surface area contributed by atoms with Crippen LogP contribution in [0.4, 0.5) is 5.82 Å². The molecular formula is C18H22ClN5O4. The fraction of sp³-hybridized carbons (Fsp3) is 0.444. The number of aromatic amines is 1. The fourth-order valence-electron chi connectivity index (χ4n) is 3.21. The molecule has 0 saturated carbocycles. The van der Waals surface area contributed by atoms with Gasteiger partial charge in [0.2, 0.25) is 0 Å². The zero-order valence-corrected chi connectivity index (χ0v) is 16.4. The fourth-order valence-corrected chi connectivity index (χ4v) is 3.48. The summed E-state index contributed by atoms with van der Waals surface area (Å²) < 4.78 is 5.56. The summed E-state index contributed by atoms with van der Waals surface area (Å²) in [5.74, 6) is -0.670. The van der Waals surface area contributed by atoms with E-state index in [0.717, 1.165) is 0 Å². The van der Waals surface area contributed by atoms with Gasteiger partial charge < -0.3 is 25.0 Å². The van der Waals surface area contributed by atoms with Gasteiger partial charge in [0.15, 0.2) is 16.7 Å². The highest BCUT2D eigenvalue weighted by molar-refractivity contribution is 6.30. The number of hydrogen-bond acceptors (Lipinski definition) is 6. The number of aryl methyl sites for hydroxylation is 1. The number of aromatic carboxylic acids is 1. The number of aromatic nitrogens is 3. The van der Waals surface area contributed by atoms with E-state index in [4.69, 9.17) is 21.4 Å². The van der Waals surface area contributed by atoms with Crippen molar-refractivity contribution in [2.24, 2.45) is 0 Å². The smallest absolute Gasteiger partial charge is 0.354 e. The number of ether oxygens (including phenoxy) is 1. The number of anilines is 1. The Balaban J connectivity index is 1.68. The number of piperidine rings is 1. The maximum atomic E-state index is 12.5. The normalized spacial score (nSPS) is 19.5. The van der Waals surface area contributed by atoms with Crippen LogP contribution in [-0.2, 0) is 11.2 Å². The standard InChI is InChI=1S/C18H22ClN5O4/c1-3-10-15(19)23-16(21-10)17(25)22-11-7-8-24(9-13(11)28-2)14-6-4-5-12(20-14)18(26)27/h4-6,11,13H,3,7-9H2,1-2H3,(H,21,23)(H,22,25)(H,26,27). The van der Waals surface area contributed by atoms with Crippen molar-refractivity contribution in [2.75, 3.05) is 25.1 Å². The van der Waals surface area contributed by atoms with E-state index in [0.29, 0.717) is 42.6 Å². The summed E-state index contributed by atoms with van der Waals surface area (Å²) >= 11 is 6.01. The number of hydrogen-bond donors (Lipinski definition) is 3. The molecule has 0 aliphatic carbocycles. The first-order chi connectivity index (χ1) is 13.4. The molecule has 150 valence electrons. The Labute approximate surface area is 167 Å². The van der Waals surface area contributed by atoms with Crippen LogP contribution in [0.3, 0.4) is 0 Å². The van der Waals surface area contributed by atoms with Gasteiger partial charge in [-0.2, -0.15) is 0 Å². The summed E-state index contributed by atoms with van der Waals surface area (Å²) in [5.41, 5.74) is 0.706. The van der Waals surface area contributed by atoms with Crippen molar-refractivity contribution < 1.29 is 19.4 Å². The molecule has 1 saturated heterocycles. The van der Waals surface area contributed by atoms with Gasteiger partial charge in [0, 0.05) is 20.2 Å². The second kappa shape index (κ2) is 8.57. The first-order valence-corrected chi connectivity index (χ1v) is 9.34. The first kappa shape index (κ1) is 20.1. The molecule has 9 nitrogen and oxygen atoms in total. The van der Waals surface area contributed by atoms with E-state index in [1.807, 2.05) is 11.8 Å². The first-order valence-electron chi connectivity index (χ1n) is 8.96.